The molecule has 2 aliphatic carbocycles. The van der Waals surface area contributed by atoms with Crippen molar-refractivity contribution >= 4 is 11.6 Å². The summed E-state index contributed by atoms with van der Waals surface area (Å²) in [7, 11) is 0. The summed E-state index contributed by atoms with van der Waals surface area (Å²) in [5.74, 6) is -0.0440. The van der Waals surface area contributed by atoms with Gasteiger partial charge < -0.3 is 9.47 Å². The van der Waals surface area contributed by atoms with Gasteiger partial charge in [0.2, 0.25) is 11.6 Å². The van der Waals surface area contributed by atoms with Crippen LogP contribution in [0.3, 0.4) is 0 Å². The number of ether oxygens (including phenoxy) is 2. The monoisotopic (exact) mass is 361 g/mol. The van der Waals surface area contributed by atoms with Gasteiger partial charge in [-0.2, -0.15) is 5.26 Å². The maximum absolute atomic E-state index is 12.2. The Morgan fingerprint density at radius 3 is 2.37 bits per heavy atom. The number of para-hydroxylation sites is 1. The van der Waals surface area contributed by atoms with Crippen molar-refractivity contribution in [2.24, 2.45) is 17.3 Å². The van der Waals surface area contributed by atoms with E-state index >= 15 is 0 Å². The Morgan fingerprint density at radius 1 is 1.00 bits per heavy atom. The maximum Gasteiger partial charge on any atom is 0.227 e. The molecule has 2 aliphatic rings. The Kier molecular flexibility index (Phi) is 4.09. The molecule has 5 nitrogen and oxygen atoms in total. The summed E-state index contributed by atoms with van der Waals surface area (Å²) in [6.45, 7) is 3.91. The second kappa shape index (κ2) is 6.33. The Labute approximate surface area is 157 Å². The van der Waals surface area contributed by atoms with E-state index < -0.39 is 18.0 Å². The molecule has 2 unspecified atom stereocenters. The summed E-state index contributed by atoms with van der Waals surface area (Å²) in [5.41, 5.74) is 0.349. The lowest BCUT2D eigenvalue weighted by Gasteiger charge is -2.20. The number of ketones is 2. The molecule has 0 N–H and O–H groups in total. The average Bonchev–Trinajstić information content (AvgIpc) is 3.13. The molecule has 2 saturated carbocycles. The van der Waals surface area contributed by atoms with Crippen LogP contribution in [0.25, 0.3) is 0 Å². The molecule has 0 aliphatic heterocycles. The van der Waals surface area contributed by atoms with E-state index in [0.29, 0.717) is 17.1 Å². The van der Waals surface area contributed by atoms with Crippen molar-refractivity contribution in [3.8, 4) is 17.6 Å². The molecule has 5 heteroatoms. The summed E-state index contributed by atoms with van der Waals surface area (Å²) in [6.07, 6.45) is -1.79. The van der Waals surface area contributed by atoms with Gasteiger partial charge in [0, 0.05) is 11.8 Å². The van der Waals surface area contributed by atoms with E-state index in [0.717, 1.165) is 0 Å². The van der Waals surface area contributed by atoms with Gasteiger partial charge >= 0.3 is 0 Å². The molecule has 136 valence electrons. The van der Waals surface area contributed by atoms with E-state index in [2.05, 4.69) is 6.07 Å². The van der Waals surface area contributed by atoms with Crippen LogP contribution in [0.1, 0.15) is 25.5 Å². The molecule has 4 rings (SSSR count). The number of carbonyl (C=O) groups excluding carboxylic acids is 2. The lowest BCUT2D eigenvalue weighted by Crippen LogP contribution is -2.32. The summed E-state index contributed by atoms with van der Waals surface area (Å²) in [5, 5.41) is 9.59. The molecule has 0 spiro atoms. The zero-order chi connectivity index (χ0) is 19.2. The van der Waals surface area contributed by atoms with Crippen LogP contribution in [0.5, 0.6) is 11.5 Å². The molecule has 0 amide bonds. The zero-order valence-electron chi connectivity index (χ0n) is 15.1. The molecule has 4 atom stereocenters. The molecule has 0 radical (unpaired) electrons. The summed E-state index contributed by atoms with van der Waals surface area (Å²) >= 11 is 0. The van der Waals surface area contributed by atoms with Crippen molar-refractivity contribution < 1.29 is 19.1 Å². The van der Waals surface area contributed by atoms with Crippen molar-refractivity contribution in [3.05, 3.63) is 60.2 Å². The van der Waals surface area contributed by atoms with E-state index in [4.69, 9.17) is 9.47 Å². The number of hydrogen-bond donors (Lipinski definition) is 0. The Morgan fingerprint density at radius 2 is 1.70 bits per heavy atom. The molecule has 0 aromatic heterocycles. The Hall–Kier alpha value is -2.97. The number of rotatable bonds is 5. The van der Waals surface area contributed by atoms with E-state index in [1.54, 1.807) is 24.3 Å². The second-order valence-corrected chi connectivity index (χ2v) is 7.61. The normalized spacial score (nSPS) is 26.2. The second-order valence-electron chi connectivity index (χ2n) is 7.61. The van der Waals surface area contributed by atoms with Crippen molar-refractivity contribution in [3.63, 3.8) is 0 Å². The number of carbonyl (C=O) groups is 2. The third kappa shape index (κ3) is 2.92. The van der Waals surface area contributed by atoms with E-state index in [9.17, 15) is 14.9 Å². The number of benzene rings is 2. The van der Waals surface area contributed by atoms with Crippen LogP contribution >= 0.6 is 0 Å². The fourth-order valence-corrected chi connectivity index (χ4v) is 4.04. The number of nitrogens with zero attached hydrogens (tertiary/aromatic N) is 1. The van der Waals surface area contributed by atoms with Crippen molar-refractivity contribution in [2.75, 3.05) is 0 Å². The van der Waals surface area contributed by atoms with E-state index in [-0.39, 0.29) is 23.0 Å². The van der Waals surface area contributed by atoms with Gasteiger partial charge in [0.05, 0.1) is 6.07 Å². The van der Waals surface area contributed by atoms with Crippen molar-refractivity contribution in [1.82, 2.24) is 0 Å². The van der Waals surface area contributed by atoms with Gasteiger partial charge in [0.15, 0.2) is 6.10 Å². The minimum absolute atomic E-state index is 0.142. The maximum atomic E-state index is 12.2. The quantitative estimate of drug-likeness (QED) is 0.756. The first-order valence-electron chi connectivity index (χ1n) is 8.89. The highest BCUT2D eigenvalue weighted by atomic mass is 16.5. The predicted octanol–water partition coefficient (Wildman–Crippen LogP) is 3.85. The molecule has 0 saturated heterocycles. The number of Topliss-reactive ketones (excluding diaryl/α,β-unsaturated/α-hetero) is 2. The molecule has 2 aromatic rings. The van der Waals surface area contributed by atoms with Gasteiger partial charge in [-0.25, -0.2) is 0 Å². The standard InChI is InChI=1S/C22H19NO4/c1-22(2)17-18(22)21(20(25)19(17)24)27-16(12-23)13-7-6-10-15(11-13)26-14-8-4-3-5-9-14/h3-11,16-18,21H,1-2H3/t16-,17?,18?,21+/m0/s1. The molecule has 0 bridgehead atoms. The molecular weight excluding hydrogens is 342 g/mol. The Bertz CT molecular complexity index is 944. The van der Waals surface area contributed by atoms with Gasteiger partial charge in [-0.1, -0.05) is 44.2 Å². The van der Waals surface area contributed by atoms with Gasteiger partial charge in [-0.05, 0) is 35.2 Å². The van der Waals surface area contributed by atoms with E-state index in [1.165, 1.54) is 0 Å². The highest BCUT2D eigenvalue weighted by Gasteiger charge is 2.73. The van der Waals surface area contributed by atoms with Crippen LogP contribution in [0.4, 0.5) is 0 Å². The number of nitriles is 1. The van der Waals surface area contributed by atoms with Crippen LogP contribution in [0.15, 0.2) is 54.6 Å². The van der Waals surface area contributed by atoms with Crippen LogP contribution in [-0.2, 0) is 14.3 Å². The van der Waals surface area contributed by atoms with Gasteiger partial charge in [0.25, 0.3) is 0 Å². The molecule has 2 aromatic carbocycles. The van der Waals surface area contributed by atoms with Gasteiger partial charge in [-0.3, -0.25) is 9.59 Å². The zero-order valence-corrected chi connectivity index (χ0v) is 15.1. The van der Waals surface area contributed by atoms with Crippen molar-refractivity contribution in [1.29, 1.82) is 5.26 Å². The third-order valence-corrected chi connectivity index (χ3v) is 5.56. The highest BCUT2D eigenvalue weighted by molar-refractivity contribution is 6.43. The van der Waals surface area contributed by atoms with Crippen LogP contribution in [0, 0.1) is 28.6 Å². The fourth-order valence-electron chi connectivity index (χ4n) is 4.04. The van der Waals surface area contributed by atoms with Gasteiger partial charge in [0.1, 0.15) is 17.6 Å². The first-order valence-corrected chi connectivity index (χ1v) is 8.89. The largest absolute Gasteiger partial charge is 0.457 e. The minimum atomic E-state index is -0.943. The summed E-state index contributed by atoms with van der Waals surface area (Å²) < 4.78 is 11.6. The third-order valence-electron chi connectivity index (χ3n) is 5.56. The SMILES string of the molecule is CC1(C)C2C(=O)C(=O)[C@H](O[C@@H](C#N)c3cccc(Oc4ccccc4)c3)C21. The number of hydrogen-bond acceptors (Lipinski definition) is 5. The predicted molar refractivity (Wildman–Crippen MR) is 97.0 cm³/mol. The lowest BCUT2D eigenvalue weighted by molar-refractivity contribution is -0.144. The van der Waals surface area contributed by atoms with E-state index in [1.807, 2.05) is 44.2 Å². The first kappa shape index (κ1) is 17.4. The average molecular weight is 361 g/mol. The van der Waals surface area contributed by atoms with Crippen molar-refractivity contribution in [2.45, 2.75) is 26.1 Å². The summed E-state index contributed by atoms with van der Waals surface area (Å²) in [4.78, 5) is 24.3. The topological polar surface area (TPSA) is 76.4 Å². The molecular formula is C22H19NO4. The van der Waals surface area contributed by atoms with Crippen LogP contribution < -0.4 is 4.74 Å². The van der Waals surface area contributed by atoms with Crippen LogP contribution in [0.2, 0.25) is 0 Å². The Balaban J connectivity index is 1.54. The summed E-state index contributed by atoms with van der Waals surface area (Å²) in [6, 6.07) is 18.4. The van der Waals surface area contributed by atoms with Crippen LogP contribution in [-0.4, -0.2) is 17.7 Å². The highest BCUT2D eigenvalue weighted by Crippen LogP contribution is 2.65. The minimum Gasteiger partial charge on any atom is -0.457 e. The molecule has 2 fully saturated rings. The smallest absolute Gasteiger partial charge is 0.227 e. The van der Waals surface area contributed by atoms with Gasteiger partial charge in [-0.15, -0.1) is 0 Å². The molecule has 27 heavy (non-hydrogen) atoms. The molecule has 0 heterocycles. The first-order chi connectivity index (χ1) is 12.9. The lowest BCUT2D eigenvalue weighted by atomic mass is 9.97. The number of fused-ring (bicyclic) bond motifs is 1. The fraction of sp³-hybridized carbons (Fsp3) is 0.318.